The van der Waals surface area contributed by atoms with Gasteiger partial charge in [0.1, 0.15) is 10.1 Å². The molecule has 0 bridgehead atoms. The van der Waals surface area contributed by atoms with E-state index in [1.165, 1.54) is 16.7 Å². The van der Waals surface area contributed by atoms with Crippen molar-refractivity contribution in [1.29, 1.82) is 0 Å². The number of carboxylic acids is 1. The fraction of sp³-hybridized carbons (Fsp3) is 0.150. The van der Waals surface area contributed by atoms with E-state index in [-0.39, 0.29) is 12.3 Å². The lowest BCUT2D eigenvalue weighted by Gasteiger charge is -2.26. The second kappa shape index (κ2) is 8.37. The van der Waals surface area contributed by atoms with E-state index in [1.807, 2.05) is 42.5 Å². The highest BCUT2D eigenvalue weighted by atomic mass is 32.2. The van der Waals surface area contributed by atoms with Gasteiger partial charge in [-0.15, -0.1) is 0 Å². The zero-order valence-electron chi connectivity index (χ0n) is 14.5. The largest absolute Gasteiger partial charge is 0.497 e. The van der Waals surface area contributed by atoms with E-state index in [0.29, 0.717) is 9.23 Å². The molecular formula is C20H17NO4S2. The molecule has 1 aliphatic heterocycles. The van der Waals surface area contributed by atoms with Gasteiger partial charge >= 0.3 is 5.97 Å². The lowest BCUT2D eigenvalue weighted by atomic mass is 10.0. The van der Waals surface area contributed by atoms with E-state index < -0.39 is 12.0 Å². The van der Waals surface area contributed by atoms with Gasteiger partial charge < -0.3 is 9.84 Å². The van der Waals surface area contributed by atoms with E-state index in [0.717, 1.165) is 16.9 Å². The van der Waals surface area contributed by atoms with Gasteiger partial charge in [0.2, 0.25) is 0 Å². The molecule has 0 aliphatic carbocycles. The lowest BCUT2D eigenvalue weighted by molar-refractivity contribution is -0.138. The van der Waals surface area contributed by atoms with Crippen molar-refractivity contribution < 1.29 is 19.4 Å². The number of thiocarbonyl (C=S) groups is 1. The van der Waals surface area contributed by atoms with Gasteiger partial charge in [0.05, 0.1) is 24.5 Å². The number of hydrogen-bond acceptors (Lipinski definition) is 5. The number of aliphatic carboxylic acids is 1. The maximum absolute atomic E-state index is 13.0. The van der Waals surface area contributed by atoms with Crippen LogP contribution in [-0.2, 0) is 9.59 Å². The van der Waals surface area contributed by atoms with Crippen molar-refractivity contribution in [3.8, 4) is 5.75 Å². The number of rotatable bonds is 6. The maximum atomic E-state index is 13.0. The van der Waals surface area contributed by atoms with Crippen molar-refractivity contribution in [2.45, 2.75) is 12.5 Å². The molecule has 1 aliphatic rings. The third kappa shape index (κ3) is 4.37. The Morgan fingerprint density at radius 3 is 2.48 bits per heavy atom. The lowest BCUT2D eigenvalue weighted by Crippen LogP contribution is -2.34. The Labute approximate surface area is 166 Å². The molecule has 5 nitrogen and oxygen atoms in total. The first-order valence-corrected chi connectivity index (χ1v) is 9.40. The number of carbonyl (C=O) groups is 2. The smallest absolute Gasteiger partial charge is 0.305 e. The van der Waals surface area contributed by atoms with Crippen molar-refractivity contribution in [3.05, 3.63) is 70.6 Å². The summed E-state index contributed by atoms with van der Waals surface area (Å²) in [5.41, 5.74) is 1.58. The first-order valence-electron chi connectivity index (χ1n) is 8.17. The molecule has 1 N–H and O–H groups in total. The zero-order valence-corrected chi connectivity index (χ0v) is 16.1. The number of amides is 1. The van der Waals surface area contributed by atoms with E-state index in [2.05, 4.69) is 0 Å². The van der Waals surface area contributed by atoms with Gasteiger partial charge in [0.25, 0.3) is 5.91 Å². The molecule has 0 unspecified atom stereocenters. The summed E-state index contributed by atoms with van der Waals surface area (Å²) in [6, 6.07) is 15.7. The van der Waals surface area contributed by atoms with Gasteiger partial charge in [-0.3, -0.25) is 14.5 Å². The van der Waals surface area contributed by atoms with Crippen molar-refractivity contribution in [1.82, 2.24) is 4.90 Å². The second-order valence-electron chi connectivity index (χ2n) is 5.85. The number of ether oxygens (including phenoxy) is 1. The summed E-state index contributed by atoms with van der Waals surface area (Å²) in [4.78, 5) is 26.2. The van der Waals surface area contributed by atoms with Crippen LogP contribution >= 0.6 is 24.0 Å². The third-order valence-electron chi connectivity index (χ3n) is 4.10. The summed E-state index contributed by atoms with van der Waals surface area (Å²) in [6.45, 7) is 0. The van der Waals surface area contributed by atoms with E-state index in [4.69, 9.17) is 17.0 Å². The topological polar surface area (TPSA) is 66.8 Å². The first-order chi connectivity index (χ1) is 13.0. The van der Waals surface area contributed by atoms with Gasteiger partial charge in [-0.05, 0) is 29.3 Å². The fourth-order valence-electron chi connectivity index (χ4n) is 2.80. The number of carbonyl (C=O) groups excluding carboxylic acids is 1. The Kier molecular flexibility index (Phi) is 5.93. The molecule has 2 aromatic rings. The van der Waals surface area contributed by atoms with Crippen molar-refractivity contribution >= 4 is 46.3 Å². The molecule has 1 heterocycles. The third-order valence-corrected chi connectivity index (χ3v) is 5.43. The van der Waals surface area contributed by atoms with Crippen LogP contribution in [0.25, 0.3) is 6.08 Å². The summed E-state index contributed by atoms with van der Waals surface area (Å²) >= 11 is 6.58. The molecule has 3 rings (SSSR count). The second-order valence-corrected chi connectivity index (χ2v) is 7.52. The number of benzene rings is 2. The van der Waals surface area contributed by atoms with Crippen LogP contribution in [0.4, 0.5) is 0 Å². The maximum Gasteiger partial charge on any atom is 0.305 e. The summed E-state index contributed by atoms with van der Waals surface area (Å²) in [6.07, 6.45) is 1.54. The van der Waals surface area contributed by atoms with Crippen LogP contribution in [0.5, 0.6) is 5.75 Å². The average molecular weight is 399 g/mol. The molecule has 0 spiro atoms. The highest BCUT2D eigenvalue weighted by Crippen LogP contribution is 2.39. The number of nitrogens with zero attached hydrogens (tertiary/aromatic N) is 1. The number of carboxylic acid groups (broad SMARTS) is 1. The van der Waals surface area contributed by atoms with E-state index >= 15 is 0 Å². The number of methoxy groups -OCH3 is 1. The van der Waals surface area contributed by atoms with Gasteiger partial charge in [-0.2, -0.15) is 0 Å². The normalized spacial score (nSPS) is 16.6. The van der Waals surface area contributed by atoms with Crippen LogP contribution in [0.1, 0.15) is 23.6 Å². The molecule has 0 aromatic heterocycles. The Hall–Kier alpha value is -2.64. The predicted octanol–water partition coefficient (Wildman–Crippen LogP) is 4.11. The Bertz CT molecular complexity index is 894. The van der Waals surface area contributed by atoms with Crippen LogP contribution in [0, 0.1) is 0 Å². The molecular weight excluding hydrogens is 382 g/mol. The highest BCUT2D eigenvalue weighted by molar-refractivity contribution is 8.26. The Morgan fingerprint density at radius 1 is 1.22 bits per heavy atom. The quantitative estimate of drug-likeness (QED) is 0.582. The number of thioether (sulfide) groups is 1. The van der Waals surface area contributed by atoms with E-state index in [9.17, 15) is 14.7 Å². The molecule has 0 saturated carbocycles. The highest BCUT2D eigenvalue weighted by Gasteiger charge is 2.38. The minimum atomic E-state index is -0.989. The van der Waals surface area contributed by atoms with Crippen molar-refractivity contribution in [3.63, 3.8) is 0 Å². The molecule has 0 radical (unpaired) electrons. The minimum Gasteiger partial charge on any atom is -0.497 e. The zero-order chi connectivity index (χ0) is 19.4. The Balaban J connectivity index is 1.91. The first kappa shape index (κ1) is 19.1. The van der Waals surface area contributed by atoms with Crippen LogP contribution in [-0.4, -0.2) is 33.3 Å². The van der Waals surface area contributed by atoms with Gasteiger partial charge in [0, 0.05) is 0 Å². The van der Waals surface area contributed by atoms with Gasteiger partial charge in [-0.1, -0.05) is 66.4 Å². The van der Waals surface area contributed by atoms with Gasteiger partial charge in [-0.25, -0.2) is 0 Å². The average Bonchev–Trinajstić information content (AvgIpc) is 2.94. The molecule has 2 aromatic carbocycles. The Morgan fingerprint density at radius 2 is 1.89 bits per heavy atom. The standard InChI is InChI=1S/C20H17NO4S2/c1-25-15-9-7-13(8-10-15)11-17-19(24)21(20(26)27-17)16(12-18(22)23)14-5-3-2-4-6-14/h2-11,16H,12H2,1H3,(H,22,23)/b17-11+/t16-/m1/s1. The molecule has 1 fully saturated rings. The van der Waals surface area contributed by atoms with Crippen LogP contribution in [0.2, 0.25) is 0 Å². The van der Waals surface area contributed by atoms with Crippen LogP contribution in [0.3, 0.4) is 0 Å². The van der Waals surface area contributed by atoms with Crippen LogP contribution < -0.4 is 4.74 Å². The summed E-state index contributed by atoms with van der Waals surface area (Å²) in [5, 5.41) is 9.31. The SMILES string of the molecule is COc1ccc(/C=C2/SC(=S)N([C@H](CC(=O)O)c3ccccc3)C2=O)cc1. The fourth-order valence-corrected chi connectivity index (χ4v) is 4.16. The van der Waals surface area contributed by atoms with Crippen molar-refractivity contribution in [2.24, 2.45) is 0 Å². The van der Waals surface area contributed by atoms with E-state index in [1.54, 1.807) is 25.3 Å². The summed E-state index contributed by atoms with van der Waals surface area (Å²) < 4.78 is 5.49. The molecule has 1 amide bonds. The monoisotopic (exact) mass is 399 g/mol. The predicted molar refractivity (Wildman–Crippen MR) is 109 cm³/mol. The molecule has 138 valence electrons. The molecule has 1 atom stereocenters. The minimum absolute atomic E-state index is 0.216. The summed E-state index contributed by atoms with van der Waals surface area (Å²) in [5.74, 6) is -0.543. The van der Waals surface area contributed by atoms with Crippen LogP contribution in [0.15, 0.2) is 59.5 Å². The van der Waals surface area contributed by atoms with Gasteiger partial charge in [0.15, 0.2) is 0 Å². The molecule has 7 heteroatoms. The summed E-state index contributed by atoms with van der Waals surface area (Å²) in [7, 11) is 1.59. The molecule has 27 heavy (non-hydrogen) atoms. The number of hydrogen-bond donors (Lipinski definition) is 1. The van der Waals surface area contributed by atoms with Crippen molar-refractivity contribution in [2.75, 3.05) is 7.11 Å². The molecule has 1 saturated heterocycles.